The van der Waals surface area contributed by atoms with Gasteiger partial charge in [0.15, 0.2) is 5.82 Å². The number of alkyl halides is 3. The number of nitrogens with zero attached hydrogens (tertiary/aromatic N) is 6. The highest BCUT2D eigenvalue weighted by Gasteiger charge is 2.33. The maximum absolute atomic E-state index is 12.7. The van der Waals surface area contributed by atoms with Crippen LogP contribution in [-0.4, -0.2) is 31.8 Å². The summed E-state index contributed by atoms with van der Waals surface area (Å²) in [5.74, 6) is 1.69. The molecule has 0 atom stereocenters. The third-order valence-electron chi connectivity index (χ3n) is 3.84. The molecule has 1 aliphatic rings. The molecule has 0 saturated heterocycles. The molecular formula is C14H17F3N6. The molecule has 0 bridgehead atoms. The standard InChI is InChI=1S/C14H17F3N6/c1-22(13-18-7-6-10(19-13)14(15,16)17)9-12-21-20-11-5-3-2-4-8-23(11)12/h6-7H,2-5,8-9H2,1H3. The van der Waals surface area contributed by atoms with Gasteiger partial charge in [-0.25, -0.2) is 9.97 Å². The Labute approximate surface area is 131 Å². The van der Waals surface area contributed by atoms with Crippen molar-refractivity contribution in [2.24, 2.45) is 0 Å². The maximum Gasteiger partial charge on any atom is 0.433 e. The number of anilines is 1. The molecule has 0 unspecified atom stereocenters. The van der Waals surface area contributed by atoms with Crippen molar-refractivity contribution in [3.8, 4) is 0 Å². The Morgan fingerprint density at radius 2 is 2.04 bits per heavy atom. The Morgan fingerprint density at radius 1 is 1.22 bits per heavy atom. The molecule has 0 aliphatic carbocycles. The summed E-state index contributed by atoms with van der Waals surface area (Å²) in [5.41, 5.74) is -0.950. The van der Waals surface area contributed by atoms with Crippen LogP contribution in [0.15, 0.2) is 12.3 Å². The van der Waals surface area contributed by atoms with Gasteiger partial charge in [-0.05, 0) is 18.9 Å². The van der Waals surface area contributed by atoms with Crippen molar-refractivity contribution in [2.45, 2.75) is 44.9 Å². The molecule has 2 aromatic rings. The summed E-state index contributed by atoms with van der Waals surface area (Å²) in [4.78, 5) is 9.06. The summed E-state index contributed by atoms with van der Waals surface area (Å²) < 4.78 is 40.3. The molecule has 1 aliphatic heterocycles. The fraction of sp³-hybridized carbons (Fsp3) is 0.571. The summed E-state index contributed by atoms with van der Waals surface area (Å²) in [6.45, 7) is 1.16. The van der Waals surface area contributed by atoms with Crippen LogP contribution in [0.3, 0.4) is 0 Å². The number of hydrogen-bond acceptors (Lipinski definition) is 5. The van der Waals surface area contributed by atoms with Crippen LogP contribution < -0.4 is 4.90 Å². The van der Waals surface area contributed by atoms with Crippen LogP contribution >= 0.6 is 0 Å². The number of halogens is 3. The first kappa shape index (κ1) is 15.7. The highest BCUT2D eigenvalue weighted by Crippen LogP contribution is 2.28. The molecule has 23 heavy (non-hydrogen) atoms. The third kappa shape index (κ3) is 3.43. The van der Waals surface area contributed by atoms with E-state index in [1.165, 1.54) is 0 Å². The van der Waals surface area contributed by atoms with Crippen molar-refractivity contribution in [1.82, 2.24) is 24.7 Å². The van der Waals surface area contributed by atoms with Crippen LogP contribution in [0.5, 0.6) is 0 Å². The molecule has 6 nitrogen and oxygen atoms in total. The highest BCUT2D eigenvalue weighted by atomic mass is 19.4. The lowest BCUT2D eigenvalue weighted by atomic mass is 10.2. The normalized spacial score (nSPS) is 15.1. The summed E-state index contributed by atoms with van der Waals surface area (Å²) in [6, 6.07) is 0.862. The van der Waals surface area contributed by atoms with E-state index in [1.54, 1.807) is 11.9 Å². The molecule has 3 heterocycles. The fourth-order valence-corrected chi connectivity index (χ4v) is 2.64. The zero-order valence-electron chi connectivity index (χ0n) is 12.7. The van der Waals surface area contributed by atoms with Gasteiger partial charge in [0.1, 0.15) is 11.5 Å². The van der Waals surface area contributed by atoms with Gasteiger partial charge >= 0.3 is 6.18 Å². The molecule has 124 valence electrons. The molecule has 0 radical (unpaired) electrons. The monoisotopic (exact) mass is 326 g/mol. The lowest BCUT2D eigenvalue weighted by Crippen LogP contribution is -2.23. The maximum atomic E-state index is 12.7. The van der Waals surface area contributed by atoms with Crippen molar-refractivity contribution in [3.05, 3.63) is 29.6 Å². The van der Waals surface area contributed by atoms with E-state index < -0.39 is 11.9 Å². The fourth-order valence-electron chi connectivity index (χ4n) is 2.64. The minimum absolute atomic E-state index is 0.0193. The second-order valence-electron chi connectivity index (χ2n) is 5.59. The predicted molar refractivity (Wildman–Crippen MR) is 76.7 cm³/mol. The van der Waals surface area contributed by atoms with Crippen LogP contribution in [0, 0.1) is 0 Å². The van der Waals surface area contributed by atoms with Gasteiger partial charge in [0, 0.05) is 26.2 Å². The number of rotatable bonds is 3. The molecule has 0 fully saturated rings. The first-order chi connectivity index (χ1) is 10.9. The molecule has 0 amide bonds. The Morgan fingerprint density at radius 3 is 2.83 bits per heavy atom. The van der Waals surface area contributed by atoms with Crippen molar-refractivity contribution < 1.29 is 13.2 Å². The summed E-state index contributed by atoms with van der Waals surface area (Å²) in [5, 5.41) is 8.36. The molecular weight excluding hydrogens is 309 g/mol. The lowest BCUT2D eigenvalue weighted by molar-refractivity contribution is -0.141. The van der Waals surface area contributed by atoms with Crippen LogP contribution in [0.4, 0.5) is 19.1 Å². The first-order valence-corrected chi connectivity index (χ1v) is 7.47. The van der Waals surface area contributed by atoms with Gasteiger partial charge in [0.05, 0.1) is 6.54 Å². The van der Waals surface area contributed by atoms with Crippen molar-refractivity contribution >= 4 is 5.95 Å². The van der Waals surface area contributed by atoms with E-state index >= 15 is 0 Å². The largest absolute Gasteiger partial charge is 0.433 e. The Bertz CT molecular complexity index is 681. The van der Waals surface area contributed by atoms with E-state index in [0.717, 1.165) is 56.1 Å². The minimum Gasteiger partial charge on any atom is -0.336 e. The summed E-state index contributed by atoms with van der Waals surface area (Å²) >= 11 is 0. The van der Waals surface area contributed by atoms with Crippen LogP contribution in [0.1, 0.15) is 36.6 Å². The second kappa shape index (κ2) is 6.13. The number of aromatic nitrogens is 5. The quantitative estimate of drug-likeness (QED) is 0.867. The number of hydrogen-bond donors (Lipinski definition) is 0. The lowest BCUT2D eigenvalue weighted by Gasteiger charge is -2.18. The molecule has 9 heteroatoms. The van der Waals surface area contributed by atoms with E-state index in [2.05, 4.69) is 24.7 Å². The van der Waals surface area contributed by atoms with Gasteiger partial charge in [-0.2, -0.15) is 13.2 Å². The second-order valence-corrected chi connectivity index (χ2v) is 5.59. The molecule has 0 aromatic carbocycles. The van der Waals surface area contributed by atoms with E-state index in [4.69, 9.17) is 0 Å². The van der Waals surface area contributed by atoms with E-state index in [-0.39, 0.29) is 5.95 Å². The SMILES string of the molecule is CN(Cc1nnc2n1CCCCC2)c1nccc(C(F)(F)F)n1. The molecule has 3 rings (SSSR count). The highest BCUT2D eigenvalue weighted by molar-refractivity contribution is 5.30. The van der Waals surface area contributed by atoms with Gasteiger partial charge in [0.2, 0.25) is 5.95 Å². The Kier molecular flexibility index (Phi) is 4.18. The molecule has 0 saturated carbocycles. The smallest absolute Gasteiger partial charge is 0.336 e. The topological polar surface area (TPSA) is 59.7 Å². The molecule has 2 aromatic heterocycles. The zero-order chi connectivity index (χ0) is 16.4. The van der Waals surface area contributed by atoms with Crippen LogP contribution in [0.2, 0.25) is 0 Å². The predicted octanol–water partition coefficient (Wildman–Crippen LogP) is 2.45. The van der Waals surface area contributed by atoms with Crippen molar-refractivity contribution in [1.29, 1.82) is 0 Å². The van der Waals surface area contributed by atoms with E-state index in [0.29, 0.717) is 6.54 Å². The average molecular weight is 326 g/mol. The van der Waals surface area contributed by atoms with E-state index in [1.807, 2.05) is 0 Å². The van der Waals surface area contributed by atoms with Crippen LogP contribution in [0.25, 0.3) is 0 Å². The average Bonchev–Trinajstić information content (AvgIpc) is 2.74. The zero-order valence-corrected chi connectivity index (χ0v) is 12.7. The van der Waals surface area contributed by atoms with Crippen molar-refractivity contribution in [3.63, 3.8) is 0 Å². The van der Waals surface area contributed by atoms with Gasteiger partial charge in [-0.3, -0.25) is 0 Å². The summed E-state index contributed by atoms with van der Waals surface area (Å²) in [6.07, 6.45) is 0.815. The number of fused-ring (bicyclic) bond motifs is 1. The molecule has 0 N–H and O–H groups in total. The van der Waals surface area contributed by atoms with Gasteiger partial charge in [-0.15, -0.1) is 10.2 Å². The Balaban J connectivity index is 1.80. The third-order valence-corrected chi connectivity index (χ3v) is 3.84. The van der Waals surface area contributed by atoms with Gasteiger partial charge in [-0.1, -0.05) is 6.42 Å². The summed E-state index contributed by atoms with van der Waals surface area (Å²) in [7, 11) is 1.65. The van der Waals surface area contributed by atoms with Crippen LogP contribution in [-0.2, 0) is 25.7 Å². The first-order valence-electron chi connectivity index (χ1n) is 7.47. The Hall–Kier alpha value is -2.19. The van der Waals surface area contributed by atoms with Gasteiger partial charge < -0.3 is 9.47 Å². The van der Waals surface area contributed by atoms with Gasteiger partial charge in [0.25, 0.3) is 0 Å². The van der Waals surface area contributed by atoms with E-state index in [9.17, 15) is 13.2 Å². The molecule has 0 spiro atoms. The number of aryl methyl sites for hydroxylation is 1. The minimum atomic E-state index is -4.48. The van der Waals surface area contributed by atoms with Crippen molar-refractivity contribution in [2.75, 3.05) is 11.9 Å².